The first-order valence-corrected chi connectivity index (χ1v) is 4.12. The lowest BCUT2D eigenvalue weighted by molar-refractivity contribution is -0.138. The second-order valence-electron chi connectivity index (χ2n) is 3.07. The normalized spacial score (nSPS) is 17.6. The minimum atomic E-state index is -1.12. The molecule has 1 saturated carbocycles. The van der Waals surface area contributed by atoms with E-state index in [4.69, 9.17) is 10.8 Å². The fourth-order valence-electron chi connectivity index (χ4n) is 0.754. The van der Waals surface area contributed by atoms with E-state index < -0.39 is 12.0 Å². The van der Waals surface area contributed by atoms with Crippen molar-refractivity contribution in [3.63, 3.8) is 0 Å². The minimum absolute atomic E-state index is 0.0477. The number of rotatable bonds is 4. The van der Waals surface area contributed by atoms with Crippen LogP contribution < -0.4 is 16.4 Å². The van der Waals surface area contributed by atoms with Crippen molar-refractivity contribution in [1.82, 2.24) is 10.6 Å². The molecule has 2 amide bonds. The number of hydrogen-bond donors (Lipinski definition) is 4. The number of carbonyl (C=O) groups is 2. The maximum atomic E-state index is 10.9. The quantitative estimate of drug-likeness (QED) is 0.446. The van der Waals surface area contributed by atoms with Crippen molar-refractivity contribution >= 4 is 12.0 Å². The van der Waals surface area contributed by atoms with Crippen molar-refractivity contribution < 1.29 is 14.7 Å². The zero-order valence-electron chi connectivity index (χ0n) is 7.12. The highest BCUT2D eigenvalue weighted by molar-refractivity contribution is 5.77. The smallest absolute Gasteiger partial charge is 0.322 e. The fraction of sp³-hybridized carbons (Fsp3) is 0.714. The predicted octanol–water partition coefficient (Wildman–Crippen LogP) is -1.14. The number of carboxylic acid groups (broad SMARTS) is 1. The Kier molecular flexibility index (Phi) is 3.07. The molecule has 6 heteroatoms. The summed E-state index contributed by atoms with van der Waals surface area (Å²) in [4.78, 5) is 21.2. The molecule has 0 bridgehead atoms. The third-order valence-corrected chi connectivity index (χ3v) is 1.71. The zero-order chi connectivity index (χ0) is 9.84. The van der Waals surface area contributed by atoms with E-state index in [9.17, 15) is 9.59 Å². The highest BCUT2D eigenvalue weighted by Gasteiger charge is 2.23. The summed E-state index contributed by atoms with van der Waals surface area (Å²) in [7, 11) is 0. The number of nitrogens with two attached hydrogens (primary N) is 1. The van der Waals surface area contributed by atoms with Gasteiger partial charge in [-0.1, -0.05) is 0 Å². The molecular formula is C7H13N3O3. The van der Waals surface area contributed by atoms with Crippen LogP contribution in [0, 0.1) is 0 Å². The Hall–Kier alpha value is -1.30. The van der Waals surface area contributed by atoms with Crippen LogP contribution in [0.4, 0.5) is 4.79 Å². The van der Waals surface area contributed by atoms with Crippen molar-refractivity contribution in [2.45, 2.75) is 24.9 Å². The summed E-state index contributed by atoms with van der Waals surface area (Å²) in [5.74, 6) is -1.12. The molecule has 0 saturated heterocycles. The Morgan fingerprint density at radius 3 is 2.62 bits per heavy atom. The average Bonchev–Trinajstić information content (AvgIpc) is 2.83. The standard InChI is InChI=1S/C7H13N3O3/c8-5(6(11)12)3-9-7(13)10-4-1-2-4/h4-5H,1-3,8H2,(H,11,12)(H2,9,10,13). The first-order valence-electron chi connectivity index (χ1n) is 4.12. The van der Waals surface area contributed by atoms with Gasteiger partial charge >= 0.3 is 12.0 Å². The van der Waals surface area contributed by atoms with Crippen LogP contribution in [0.15, 0.2) is 0 Å². The number of hydrogen-bond acceptors (Lipinski definition) is 3. The van der Waals surface area contributed by atoms with Crippen LogP contribution in [0.2, 0.25) is 0 Å². The molecule has 1 aliphatic carbocycles. The van der Waals surface area contributed by atoms with Crippen LogP contribution >= 0.6 is 0 Å². The largest absolute Gasteiger partial charge is 0.480 e. The highest BCUT2D eigenvalue weighted by Crippen LogP contribution is 2.17. The Labute approximate surface area is 75.5 Å². The molecule has 0 spiro atoms. The molecule has 13 heavy (non-hydrogen) atoms. The van der Waals surface area contributed by atoms with Crippen LogP contribution in [0.3, 0.4) is 0 Å². The van der Waals surface area contributed by atoms with E-state index in [1.807, 2.05) is 0 Å². The highest BCUT2D eigenvalue weighted by atomic mass is 16.4. The van der Waals surface area contributed by atoms with Gasteiger partial charge in [-0.2, -0.15) is 0 Å². The molecule has 1 fully saturated rings. The molecule has 1 unspecified atom stereocenters. The molecule has 1 atom stereocenters. The minimum Gasteiger partial charge on any atom is -0.480 e. The Morgan fingerprint density at radius 1 is 1.54 bits per heavy atom. The van der Waals surface area contributed by atoms with Crippen molar-refractivity contribution in [3.8, 4) is 0 Å². The van der Waals surface area contributed by atoms with Gasteiger partial charge in [0, 0.05) is 12.6 Å². The molecule has 1 aliphatic rings. The van der Waals surface area contributed by atoms with Gasteiger partial charge in [0.1, 0.15) is 6.04 Å². The number of amides is 2. The molecule has 1 rings (SSSR count). The van der Waals surface area contributed by atoms with E-state index in [2.05, 4.69) is 10.6 Å². The molecule has 0 radical (unpaired) electrons. The summed E-state index contributed by atoms with van der Waals surface area (Å²) in [6.45, 7) is -0.0477. The van der Waals surface area contributed by atoms with Gasteiger partial charge in [-0.15, -0.1) is 0 Å². The van der Waals surface area contributed by atoms with Crippen LogP contribution in [-0.2, 0) is 4.79 Å². The van der Waals surface area contributed by atoms with Crippen molar-refractivity contribution in [2.24, 2.45) is 5.73 Å². The average molecular weight is 187 g/mol. The summed E-state index contributed by atoms with van der Waals surface area (Å²) in [6.07, 6.45) is 2.00. The van der Waals surface area contributed by atoms with Gasteiger partial charge in [0.05, 0.1) is 0 Å². The summed E-state index contributed by atoms with van der Waals surface area (Å²) >= 11 is 0. The number of carboxylic acids is 1. The maximum absolute atomic E-state index is 10.9. The lowest BCUT2D eigenvalue weighted by atomic mass is 10.3. The molecular weight excluding hydrogens is 174 g/mol. The van der Waals surface area contributed by atoms with E-state index in [-0.39, 0.29) is 18.6 Å². The van der Waals surface area contributed by atoms with Crippen LogP contribution in [0.1, 0.15) is 12.8 Å². The lowest BCUT2D eigenvalue weighted by Crippen LogP contribution is -2.46. The summed E-state index contributed by atoms with van der Waals surface area (Å²) < 4.78 is 0. The Morgan fingerprint density at radius 2 is 2.15 bits per heavy atom. The van der Waals surface area contributed by atoms with Crippen LogP contribution in [0.25, 0.3) is 0 Å². The van der Waals surface area contributed by atoms with Crippen LogP contribution in [0.5, 0.6) is 0 Å². The number of urea groups is 1. The Balaban J connectivity index is 2.09. The molecule has 0 aliphatic heterocycles. The lowest BCUT2D eigenvalue weighted by Gasteiger charge is -2.08. The third kappa shape index (κ3) is 3.75. The topological polar surface area (TPSA) is 104 Å². The summed E-state index contributed by atoms with van der Waals surface area (Å²) in [6, 6.07) is -1.12. The molecule has 0 aromatic heterocycles. The second kappa shape index (κ2) is 4.08. The first kappa shape index (κ1) is 9.79. The monoisotopic (exact) mass is 187 g/mol. The Bertz CT molecular complexity index is 215. The van der Waals surface area contributed by atoms with Crippen molar-refractivity contribution in [1.29, 1.82) is 0 Å². The maximum Gasteiger partial charge on any atom is 0.322 e. The van der Waals surface area contributed by atoms with Crippen molar-refractivity contribution in [2.75, 3.05) is 6.54 Å². The molecule has 0 aromatic rings. The van der Waals surface area contributed by atoms with Gasteiger partial charge in [-0.25, -0.2) is 4.79 Å². The van der Waals surface area contributed by atoms with E-state index in [0.717, 1.165) is 12.8 Å². The van der Waals surface area contributed by atoms with Gasteiger partial charge < -0.3 is 21.5 Å². The fourth-order valence-corrected chi connectivity index (χ4v) is 0.754. The molecule has 6 nitrogen and oxygen atoms in total. The van der Waals surface area contributed by atoms with E-state index >= 15 is 0 Å². The third-order valence-electron chi connectivity index (χ3n) is 1.71. The molecule has 5 N–H and O–H groups in total. The number of nitrogens with one attached hydrogen (secondary N) is 2. The van der Waals surface area contributed by atoms with Gasteiger partial charge in [-0.05, 0) is 12.8 Å². The summed E-state index contributed by atoms with van der Waals surface area (Å²) in [5.41, 5.74) is 5.17. The summed E-state index contributed by atoms with van der Waals surface area (Å²) in [5, 5.41) is 13.4. The van der Waals surface area contributed by atoms with E-state index in [1.54, 1.807) is 0 Å². The number of carbonyl (C=O) groups excluding carboxylic acids is 1. The van der Waals surface area contributed by atoms with Gasteiger partial charge in [0.25, 0.3) is 0 Å². The second-order valence-corrected chi connectivity index (χ2v) is 3.07. The zero-order valence-corrected chi connectivity index (χ0v) is 7.12. The van der Waals surface area contributed by atoms with Crippen LogP contribution in [-0.4, -0.2) is 35.7 Å². The predicted molar refractivity (Wildman–Crippen MR) is 45.2 cm³/mol. The number of aliphatic carboxylic acids is 1. The SMILES string of the molecule is NC(CNC(=O)NC1CC1)C(=O)O. The molecule has 0 heterocycles. The van der Waals surface area contributed by atoms with Gasteiger partial charge in [0.2, 0.25) is 0 Å². The van der Waals surface area contributed by atoms with Crippen molar-refractivity contribution in [3.05, 3.63) is 0 Å². The van der Waals surface area contributed by atoms with Gasteiger partial charge in [0.15, 0.2) is 0 Å². The van der Waals surface area contributed by atoms with E-state index in [0.29, 0.717) is 0 Å². The molecule has 74 valence electrons. The van der Waals surface area contributed by atoms with Gasteiger partial charge in [-0.3, -0.25) is 4.79 Å². The van der Waals surface area contributed by atoms with E-state index in [1.165, 1.54) is 0 Å². The first-order chi connectivity index (χ1) is 6.09. The molecule has 0 aromatic carbocycles.